The van der Waals surface area contributed by atoms with Gasteiger partial charge in [0.05, 0.1) is 31.1 Å². The third-order valence-corrected chi connectivity index (χ3v) is 3.99. The lowest BCUT2D eigenvalue weighted by Gasteiger charge is -2.13. The zero-order valence-electron chi connectivity index (χ0n) is 11.3. The van der Waals surface area contributed by atoms with Crippen molar-refractivity contribution in [3.05, 3.63) is 24.2 Å². The Bertz CT molecular complexity index is 405. The van der Waals surface area contributed by atoms with E-state index in [9.17, 15) is 9.59 Å². The van der Waals surface area contributed by atoms with E-state index in [1.54, 1.807) is 25.3 Å². The number of ether oxygens (including phenoxy) is 1. The van der Waals surface area contributed by atoms with Gasteiger partial charge in [-0.1, -0.05) is 6.92 Å². The number of thioether (sulfide) groups is 1. The van der Waals surface area contributed by atoms with Crippen LogP contribution in [0, 0.1) is 5.92 Å². The second-order valence-electron chi connectivity index (χ2n) is 4.20. The van der Waals surface area contributed by atoms with Crippen molar-refractivity contribution in [2.24, 2.45) is 5.92 Å². The van der Waals surface area contributed by atoms with E-state index in [1.807, 2.05) is 6.92 Å². The molecule has 0 saturated carbocycles. The Morgan fingerprint density at radius 1 is 1.47 bits per heavy atom. The SMILES string of the molecule is COC(=O)C(C)CSC(C)C(=O)NCc1ccco1. The first-order chi connectivity index (χ1) is 9.04. The van der Waals surface area contributed by atoms with Crippen molar-refractivity contribution in [1.29, 1.82) is 0 Å². The summed E-state index contributed by atoms with van der Waals surface area (Å²) < 4.78 is 9.76. The molecule has 0 aliphatic carbocycles. The summed E-state index contributed by atoms with van der Waals surface area (Å²) in [5.74, 6) is 0.736. The molecular weight excluding hydrogens is 266 g/mol. The molecule has 1 amide bonds. The van der Waals surface area contributed by atoms with Crippen LogP contribution < -0.4 is 5.32 Å². The van der Waals surface area contributed by atoms with Crippen LogP contribution in [0.1, 0.15) is 19.6 Å². The molecule has 0 radical (unpaired) electrons. The Morgan fingerprint density at radius 3 is 2.79 bits per heavy atom. The van der Waals surface area contributed by atoms with Crippen LogP contribution in [0.5, 0.6) is 0 Å². The van der Waals surface area contributed by atoms with E-state index >= 15 is 0 Å². The fourth-order valence-corrected chi connectivity index (χ4v) is 2.31. The molecule has 6 heteroatoms. The number of hydrogen-bond donors (Lipinski definition) is 1. The molecule has 5 nitrogen and oxygen atoms in total. The van der Waals surface area contributed by atoms with Crippen LogP contribution in [0.4, 0.5) is 0 Å². The first kappa shape index (κ1) is 15.6. The normalized spacial score (nSPS) is 13.6. The zero-order chi connectivity index (χ0) is 14.3. The average molecular weight is 285 g/mol. The number of nitrogens with one attached hydrogen (secondary N) is 1. The lowest BCUT2D eigenvalue weighted by Crippen LogP contribution is -2.31. The minimum Gasteiger partial charge on any atom is -0.469 e. The molecule has 0 aliphatic rings. The van der Waals surface area contributed by atoms with Gasteiger partial charge in [-0.15, -0.1) is 11.8 Å². The lowest BCUT2D eigenvalue weighted by molar-refractivity contribution is -0.144. The Morgan fingerprint density at radius 2 is 2.21 bits per heavy atom. The Balaban J connectivity index is 2.26. The fraction of sp³-hybridized carbons (Fsp3) is 0.538. The minimum atomic E-state index is -0.254. The molecule has 0 aromatic carbocycles. The van der Waals surface area contributed by atoms with Crippen molar-refractivity contribution in [3.63, 3.8) is 0 Å². The van der Waals surface area contributed by atoms with Crippen LogP contribution in [-0.4, -0.2) is 30.0 Å². The lowest BCUT2D eigenvalue weighted by atomic mass is 10.2. The molecule has 19 heavy (non-hydrogen) atoms. The summed E-state index contributed by atoms with van der Waals surface area (Å²) in [5.41, 5.74) is 0. The summed E-state index contributed by atoms with van der Waals surface area (Å²) in [6, 6.07) is 3.58. The van der Waals surface area contributed by atoms with Crippen molar-refractivity contribution in [3.8, 4) is 0 Å². The van der Waals surface area contributed by atoms with Crippen LogP contribution in [0.25, 0.3) is 0 Å². The Kier molecular flexibility index (Phi) is 6.49. The summed E-state index contributed by atoms with van der Waals surface area (Å²) in [4.78, 5) is 23.0. The molecule has 0 aliphatic heterocycles. The molecule has 1 heterocycles. The highest BCUT2D eigenvalue weighted by atomic mass is 32.2. The highest BCUT2D eigenvalue weighted by molar-refractivity contribution is 8.00. The number of rotatable bonds is 7. The monoisotopic (exact) mass is 285 g/mol. The van der Waals surface area contributed by atoms with E-state index in [-0.39, 0.29) is 23.0 Å². The number of esters is 1. The molecule has 0 spiro atoms. The zero-order valence-corrected chi connectivity index (χ0v) is 12.2. The van der Waals surface area contributed by atoms with E-state index in [0.717, 1.165) is 0 Å². The van der Waals surface area contributed by atoms with Gasteiger partial charge in [-0.25, -0.2) is 0 Å². The molecule has 0 bridgehead atoms. The van der Waals surface area contributed by atoms with Gasteiger partial charge in [0.2, 0.25) is 5.91 Å². The van der Waals surface area contributed by atoms with Gasteiger partial charge < -0.3 is 14.5 Å². The van der Waals surface area contributed by atoms with Crippen LogP contribution in [0.2, 0.25) is 0 Å². The molecule has 0 fully saturated rings. The molecule has 0 saturated heterocycles. The van der Waals surface area contributed by atoms with Gasteiger partial charge in [0.15, 0.2) is 0 Å². The van der Waals surface area contributed by atoms with Crippen molar-refractivity contribution in [2.45, 2.75) is 25.6 Å². The first-order valence-electron chi connectivity index (χ1n) is 6.04. The van der Waals surface area contributed by atoms with Crippen molar-refractivity contribution in [2.75, 3.05) is 12.9 Å². The molecule has 1 rings (SSSR count). The van der Waals surface area contributed by atoms with Gasteiger partial charge in [-0.3, -0.25) is 9.59 Å². The van der Waals surface area contributed by atoms with Crippen molar-refractivity contribution in [1.82, 2.24) is 5.32 Å². The van der Waals surface area contributed by atoms with Crippen LogP contribution in [0.15, 0.2) is 22.8 Å². The molecule has 106 valence electrons. The third-order valence-electron chi connectivity index (χ3n) is 2.59. The maximum absolute atomic E-state index is 11.8. The van der Waals surface area contributed by atoms with Gasteiger partial charge in [0.1, 0.15) is 5.76 Å². The number of amides is 1. The number of carbonyl (C=O) groups excluding carboxylic acids is 2. The second-order valence-corrected chi connectivity index (χ2v) is 5.57. The number of methoxy groups -OCH3 is 1. The van der Waals surface area contributed by atoms with E-state index in [0.29, 0.717) is 18.1 Å². The van der Waals surface area contributed by atoms with Gasteiger partial charge >= 0.3 is 5.97 Å². The molecule has 2 unspecified atom stereocenters. The van der Waals surface area contributed by atoms with Crippen LogP contribution in [0.3, 0.4) is 0 Å². The maximum atomic E-state index is 11.8. The summed E-state index contributed by atoms with van der Waals surface area (Å²) in [5, 5.41) is 2.56. The maximum Gasteiger partial charge on any atom is 0.309 e. The van der Waals surface area contributed by atoms with Crippen LogP contribution >= 0.6 is 11.8 Å². The number of carbonyl (C=O) groups is 2. The van der Waals surface area contributed by atoms with E-state index < -0.39 is 0 Å². The predicted molar refractivity (Wildman–Crippen MR) is 73.7 cm³/mol. The fourth-order valence-electron chi connectivity index (χ4n) is 1.36. The number of hydrogen-bond acceptors (Lipinski definition) is 5. The van der Waals surface area contributed by atoms with Gasteiger partial charge in [-0.05, 0) is 19.1 Å². The van der Waals surface area contributed by atoms with Crippen molar-refractivity contribution >= 4 is 23.6 Å². The van der Waals surface area contributed by atoms with Gasteiger partial charge in [0.25, 0.3) is 0 Å². The van der Waals surface area contributed by atoms with E-state index in [4.69, 9.17) is 4.42 Å². The summed E-state index contributed by atoms with van der Waals surface area (Å²) in [6.45, 7) is 3.97. The predicted octanol–water partition coefficient (Wildman–Crippen LogP) is 1.83. The number of furan rings is 1. The third kappa shape index (κ3) is 5.38. The van der Waals surface area contributed by atoms with Crippen LogP contribution in [-0.2, 0) is 20.9 Å². The molecule has 2 atom stereocenters. The van der Waals surface area contributed by atoms with E-state index in [1.165, 1.54) is 18.9 Å². The van der Waals surface area contributed by atoms with Gasteiger partial charge in [-0.2, -0.15) is 0 Å². The highest BCUT2D eigenvalue weighted by Crippen LogP contribution is 2.16. The second kappa shape index (κ2) is 7.89. The molecular formula is C13H19NO4S. The molecule has 1 aromatic heterocycles. The smallest absolute Gasteiger partial charge is 0.309 e. The molecule has 1 N–H and O–H groups in total. The first-order valence-corrected chi connectivity index (χ1v) is 7.09. The Labute approximate surface area is 117 Å². The standard InChI is InChI=1S/C13H19NO4S/c1-9(13(16)17-3)8-19-10(2)12(15)14-7-11-5-4-6-18-11/h4-6,9-10H,7-8H2,1-3H3,(H,14,15). The van der Waals surface area contributed by atoms with Crippen molar-refractivity contribution < 1.29 is 18.7 Å². The summed E-state index contributed by atoms with van der Waals surface area (Å²) >= 11 is 1.43. The summed E-state index contributed by atoms with van der Waals surface area (Å²) in [6.07, 6.45) is 1.57. The molecule has 1 aromatic rings. The minimum absolute atomic E-state index is 0.0709. The van der Waals surface area contributed by atoms with Gasteiger partial charge in [0, 0.05) is 5.75 Å². The summed E-state index contributed by atoms with van der Waals surface area (Å²) in [7, 11) is 1.36. The highest BCUT2D eigenvalue weighted by Gasteiger charge is 2.18. The van der Waals surface area contributed by atoms with E-state index in [2.05, 4.69) is 10.1 Å². The average Bonchev–Trinajstić information content (AvgIpc) is 2.93. The largest absolute Gasteiger partial charge is 0.469 e. The Hall–Kier alpha value is -1.43. The quantitative estimate of drug-likeness (QED) is 0.774. The topological polar surface area (TPSA) is 68.5 Å².